The summed E-state index contributed by atoms with van der Waals surface area (Å²) in [5, 5.41) is 10.5. The predicted molar refractivity (Wildman–Crippen MR) is 71.5 cm³/mol. The molecule has 0 bridgehead atoms. The highest BCUT2D eigenvalue weighted by Crippen LogP contribution is 2.27. The number of hydrogen-bond donors (Lipinski definition) is 1. The van der Waals surface area contributed by atoms with Gasteiger partial charge in [-0.05, 0) is 25.0 Å². The standard InChI is InChI=1S/C16H16O2/c1-12-8-6-7-11-14(12)16(2,18)15(17)13-9-4-3-5-10-13/h3-11,18H,1-2H3. The Hall–Kier alpha value is -1.93. The summed E-state index contributed by atoms with van der Waals surface area (Å²) in [5.74, 6) is -0.280. The van der Waals surface area contributed by atoms with Crippen molar-refractivity contribution in [3.8, 4) is 0 Å². The van der Waals surface area contributed by atoms with Crippen LogP contribution in [0, 0.1) is 6.92 Å². The molecule has 0 amide bonds. The van der Waals surface area contributed by atoms with E-state index in [0.29, 0.717) is 11.1 Å². The molecule has 0 fully saturated rings. The highest BCUT2D eigenvalue weighted by Gasteiger charge is 2.33. The molecule has 0 heterocycles. The number of aliphatic hydroxyl groups is 1. The Morgan fingerprint density at radius 1 is 1.00 bits per heavy atom. The van der Waals surface area contributed by atoms with E-state index in [4.69, 9.17) is 0 Å². The van der Waals surface area contributed by atoms with Gasteiger partial charge in [-0.25, -0.2) is 0 Å². The Morgan fingerprint density at radius 3 is 2.17 bits per heavy atom. The molecule has 2 rings (SSSR count). The van der Waals surface area contributed by atoms with Crippen molar-refractivity contribution in [3.05, 3.63) is 71.3 Å². The third-order valence-electron chi connectivity index (χ3n) is 3.15. The van der Waals surface area contributed by atoms with Crippen molar-refractivity contribution in [3.63, 3.8) is 0 Å². The zero-order valence-electron chi connectivity index (χ0n) is 10.6. The van der Waals surface area contributed by atoms with E-state index >= 15 is 0 Å². The van der Waals surface area contributed by atoms with Gasteiger partial charge in [0.15, 0.2) is 5.78 Å². The summed E-state index contributed by atoms with van der Waals surface area (Å²) in [6.45, 7) is 3.44. The summed E-state index contributed by atoms with van der Waals surface area (Å²) >= 11 is 0. The Balaban J connectivity index is 2.44. The zero-order valence-corrected chi connectivity index (χ0v) is 10.6. The van der Waals surface area contributed by atoms with Gasteiger partial charge >= 0.3 is 0 Å². The molecule has 18 heavy (non-hydrogen) atoms. The molecule has 1 unspecified atom stereocenters. The molecule has 1 atom stereocenters. The number of aryl methyl sites for hydroxylation is 1. The first-order valence-corrected chi connectivity index (χ1v) is 5.92. The van der Waals surface area contributed by atoms with E-state index in [2.05, 4.69) is 0 Å². The van der Waals surface area contributed by atoms with Crippen LogP contribution in [0.3, 0.4) is 0 Å². The molecule has 0 aliphatic rings. The number of carbonyl (C=O) groups excluding carboxylic acids is 1. The summed E-state index contributed by atoms with van der Waals surface area (Å²) in [6, 6.07) is 16.3. The first-order chi connectivity index (χ1) is 8.53. The van der Waals surface area contributed by atoms with Crippen molar-refractivity contribution in [2.75, 3.05) is 0 Å². The first kappa shape index (κ1) is 12.5. The van der Waals surface area contributed by atoms with Crippen molar-refractivity contribution in [1.82, 2.24) is 0 Å². The van der Waals surface area contributed by atoms with E-state index in [1.165, 1.54) is 0 Å². The van der Waals surface area contributed by atoms with E-state index < -0.39 is 5.60 Å². The van der Waals surface area contributed by atoms with Gasteiger partial charge in [0.1, 0.15) is 5.60 Å². The molecule has 0 saturated heterocycles. The van der Waals surface area contributed by atoms with Crippen LogP contribution in [-0.4, -0.2) is 10.9 Å². The summed E-state index contributed by atoms with van der Waals surface area (Å²) < 4.78 is 0. The molecule has 2 aromatic rings. The number of ketones is 1. The SMILES string of the molecule is Cc1ccccc1C(C)(O)C(=O)c1ccccc1. The first-order valence-electron chi connectivity index (χ1n) is 5.92. The number of rotatable bonds is 3. The van der Waals surface area contributed by atoms with Crippen molar-refractivity contribution in [2.45, 2.75) is 19.4 Å². The van der Waals surface area contributed by atoms with Gasteiger partial charge in [-0.2, -0.15) is 0 Å². The highest BCUT2D eigenvalue weighted by atomic mass is 16.3. The minimum atomic E-state index is -1.49. The van der Waals surface area contributed by atoms with Crippen LogP contribution in [0.2, 0.25) is 0 Å². The molecule has 0 spiro atoms. The maximum atomic E-state index is 12.4. The molecule has 2 aromatic carbocycles. The molecule has 2 nitrogen and oxygen atoms in total. The second-order valence-corrected chi connectivity index (χ2v) is 4.58. The van der Waals surface area contributed by atoms with E-state index in [0.717, 1.165) is 5.56 Å². The van der Waals surface area contributed by atoms with Gasteiger partial charge in [-0.3, -0.25) is 4.79 Å². The second-order valence-electron chi connectivity index (χ2n) is 4.58. The largest absolute Gasteiger partial charge is 0.377 e. The Labute approximate surface area is 107 Å². The Kier molecular flexibility index (Phi) is 3.30. The van der Waals surface area contributed by atoms with Crippen LogP contribution >= 0.6 is 0 Å². The van der Waals surface area contributed by atoms with Gasteiger partial charge < -0.3 is 5.11 Å². The average molecular weight is 240 g/mol. The maximum Gasteiger partial charge on any atom is 0.198 e. The fourth-order valence-electron chi connectivity index (χ4n) is 2.11. The van der Waals surface area contributed by atoms with Crippen LogP contribution in [0.25, 0.3) is 0 Å². The fraction of sp³-hybridized carbons (Fsp3) is 0.188. The smallest absolute Gasteiger partial charge is 0.198 e. The minimum absolute atomic E-state index is 0.280. The Morgan fingerprint density at radius 2 is 1.56 bits per heavy atom. The lowest BCUT2D eigenvalue weighted by atomic mass is 9.85. The van der Waals surface area contributed by atoms with Crippen LogP contribution in [0.1, 0.15) is 28.4 Å². The lowest BCUT2D eigenvalue weighted by Crippen LogP contribution is -2.33. The van der Waals surface area contributed by atoms with E-state index in [1.54, 1.807) is 37.3 Å². The number of benzene rings is 2. The molecule has 0 radical (unpaired) electrons. The second kappa shape index (κ2) is 4.75. The molecule has 1 N–H and O–H groups in total. The minimum Gasteiger partial charge on any atom is -0.377 e. The van der Waals surface area contributed by atoms with Crippen LogP contribution in [0.4, 0.5) is 0 Å². The predicted octanol–water partition coefficient (Wildman–Crippen LogP) is 3.09. The molecule has 2 heteroatoms. The summed E-state index contributed by atoms with van der Waals surface area (Å²) in [5.41, 5.74) is 0.587. The fourth-order valence-corrected chi connectivity index (χ4v) is 2.11. The Bertz CT molecular complexity index is 556. The van der Waals surface area contributed by atoms with Gasteiger partial charge in [0.25, 0.3) is 0 Å². The van der Waals surface area contributed by atoms with E-state index in [-0.39, 0.29) is 5.78 Å². The molecular formula is C16H16O2. The van der Waals surface area contributed by atoms with Crippen LogP contribution in [-0.2, 0) is 5.60 Å². The van der Waals surface area contributed by atoms with Crippen molar-refractivity contribution in [1.29, 1.82) is 0 Å². The summed E-state index contributed by atoms with van der Waals surface area (Å²) in [7, 11) is 0. The molecule has 0 aliphatic heterocycles. The van der Waals surface area contributed by atoms with Crippen molar-refractivity contribution in [2.24, 2.45) is 0 Å². The van der Waals surface area contributed by atoms with Gasteiger partial charge in [0.05, 0.1) is 0 Å². The molecule has 0 aromatic heterocycles. The van der Waals surface area contributed by atoms with Crippen LogP contribution in [0.5, 0.6) is 0 Å². The molecule has 92 valence electrons. The van der Waals surface area contributed by atoms with Crippen molar-refractivity contribution >= 4 is 5.78 Å². The monoisotopic (exact) mass is 240 g/mol. The van der Waals surface area contributed by atoms with Crippen molar-refractivity contribution < 1.29 is 9.90 Å². The third-order valence-corrected chi connectivity index (χ3v) is 3.15. The topological polar surface area (TPSA) is 37.3 Å². The molecular weight excluding hydrogens is 224 g/mol. The van der Waals surface area contributed by atoms with E-state index in [9.17, 15) is 9.90 Å². The van der Waals surface area contributed by atoms with Gasteiger partial charge in [0.2, 0.25) is 0 Å². The highest BCUT2D eigenvalue weighted by molar-refractivity contribution is 6.02. The van der Waals surface area contributed by atoms with Crippen LogP contribution < -0.4 is 0 Å². The van der Waals surface area contributed by atoms with E-state index in [1.807, 2.05) is 31.2 Å². The average Bonchev–Trinajstić information content (AvgIpc) is 2.39. The zero-order chi connectivity index (χ0) is 13.2. The lowest BCUT2D eigenvalue weighted by molar-refractivity contribution is 0.0390. The molecule has 0 saturated carbocycles. The number of carbonyl (C=O) groups is 1. The third kappa shape index (κ3) is 2.20. The molecule has 0 aliphatic carbocycles. The lowest BCUT2D eigenvalue weighted by Gasteiger charge is -2.24. The summed E-state index contributed by atoms with van der Waals surface area (Å²) in [4.78, 5) is 12.4. The maximum absolute atomic E-state index is 12.4. The summed E-state index contributed by atoms with van der Waals surface area (Å²) in [6.07, 6.45) is 0. The number of Topliss-reactive ketones (excluding diaryl/α,β-unsaturated/α-hetero) is 1. The van der Waals surface area contributed by atoms with Gasteiger partial charge in [0, 0.05) is 5.56 Å². The van der Waals surface area contributed by atoms with Gasteiger partial charge in [-0.1, -0.05) is 54.6 Å². The van der Waals surface area contributed by atoms with Crippen LogP contribution in [0.15, 0.2) is 54.6 Å². The quantitative estimate of drug-likeness (QED) is 0.837. The normalized spacial score (nSPS) is 13.9. The number of hydrogen-bond acceptors (Lipinski definition) is 2. The van der Waals surface area contributed by atoms with Gasteiger partial charge in [-0.15, -0.1) is 0 Å².